The molecular formula is C20H14F3NO6S2. The first kappa shape index (κ1) is 22.2. The zero-order chi connectivity index (χ0) is 23.1. The van der Waals surface area contributed by atoms with Crippen molar-refractivity contribution in [2.45, 2.75) is 23.4 Å². The minimum Gasteiger partial charge on any atom is -0.448 e. The van der Waals surface area contributed by atoms with Crippen LogP contribution in [-0.4, -0.2) is 36.1 Å². The Balaban J connectivity index is 1.70. The van der Waals surface area contributed by atoms with Gasteiger partial charge < -0.3 is 8.92 Å². The van der Waals surface area contributed by atoms with Crippen LogP contribution < -0.4 is 0 Å². The monoisotopic (exact) mass is 485 g/mol. The van der Waals surface area contributed by atoms with Crippen LogP contribution in [0.15, 0.2) is 71.5 Å². The Morgan fingerprint density at radius 3 is 2.03 bits per heavy atom. The van der Waals surface area contributed by atoms with Gasteiger partial charge in [0.2, 0.25) is 11.0 Å². The normalized spacial score (nSPS) is 18.4. The molecule has 0 radical (unpaired) electrons. The number of hydrogen-bond acceptors (Lipinski definition) is 7. The smallest absolute Gasteiger partial charge is 0.448 e. The van der Waals surface area contributed by atoms with Gasteiger partial charge in [-0.15, -0.1) is 0 Å². The molecule has 0 bridgehead atoms. The van der Waals surface area contributed by atoms with E-state index in [1.54, 1.807) is 60.7 Å². The molecule has 2 aliphatic rings. The minimum atomic E-state index is -6.04. The first-order chi connectivity index (χ1) is 15.1. The van der Waals surface area contributed by atoms with E-state index in [2.05, 4.69) is 4.18 Å². The van der Waals surface area contributed by atoms with Gasteiger partial charge in [-0.3, -0.25) is 9.69 Å². The maximum atomic E-state index is 13.0. The molecule has 168 valence electrons. The van der Waals surface area contributed by atoms with E-state index in [4.69, 9.17) is 4.74 Å². The minimum absolute atomic E-state index is 0.0822. The number of ether oxygens (including phenoxy) is 1. The maximum absolute atomic E-state index is 13.0. The number of β-lactam (4-membered cyclic amide) rings is 1. The van der Waals surface area contributed by atoms with Crippen molar-refractivity contribution >= 4 is 33.8 Å². The number of carbonyl (C=O) groups excluding carboxylic acids is 2. The number of thioether (sulfide) groups is 1. The zero-order valence-corrected chi connectivity index (χ0v) is 17.6. The number of halogens is 3. The summed E-state index contributed by atoms with van der Waals surface area (Å²) < 4.78 is 71.2. The molecule has 4 rings (SSSR count). The molecule has 1 saturated heterocycles. The quantitative estimate of drug-likeness (QED) is 0.267. The number of nitrogens with zero attached hydrogens (tertiary/aromatic N) is 1. The van der Waals surface area contributed by atoms with Gasteiger partial charge in [0.05, 0.1) is 11.8 Å². The summed E-state index contributed by atoms with van der Waals surface area (Å²) in [5.41, 5.74) is -5.24. The van der Waals surface area contributed by atoms with E-state index in [9.17, 15) is 31.2 Å². The van der Waals surface area contributed by atoms with Gasteiger partial charge >= 0.3 is 21.6 Å². The second kappa shape index (κ2) is 8.17. The highest BCUT2D eigenvalue weighted by Gasteiger charge is 2.55. The summed E-state index contributed by atoms with van der Waals surface area (Å²) >= 11 is 0.545. The Kier molecular flexibility index (Phi) is 5.67. The van der Waals surface area contributed by atoms with Crippen LogP contribution in [0.1, 0.15) is 23.7 Å². The maximum Gasteiger partial charge on any atom is 0.534 e. The van der Waals surface area contributed by atoms with E-state index in [1.807, 2.05) is 0 Å². The highest BCUT2D eigenvalue weighted by Crippen LogP contribution is 2.48. The molecule has 12 heteroatoms. The van der Waals surface area contributed by atoms with Gasteiger partial charge in [-0.2, -0.15) is 21.6 Å². The molecule has 1 unspecified atom stereocenters. The van der Waals surface area contributed by atoms with E-state index in [0.29, 0.717) is 22.9 Å². The van der Waals surface area contributed by atoms with Gasteiger partial charge in [0.25, 0.3) is 0 Å². The summed E-state index contributed by atoms with van der Waals surface area (Å²) in [4.78, 5) is 25.9. The number of benzene rings is 2. The fourth-order valence-electron chi connectivity index (χ4n) is 3.16. The highest BCUT2D eigenvalue weighted by molar-refractivity contribution is 8.04. The molecule has 7 nitrogen and oxygen atoms in total. The number of alkyl halides is 3. The Labute approximate surface area is 184 Å². The second-order valence-corrected chi connectivity index (χ2v) is 9.45. The molecule has 2 aliphatic heterocycles. The lowest BCUT2D eigenvalue weighted by Gasteiger charge is -2.34. The number of amides is 1. The Morgan fingerprint density at radius 2 is 1.56 bits per heavy atom. The lowest BCUT2D eigenvalue weighted by molar-refractivity contribution is -0.151. The lowest BCUT2D eigenvalue weighted by atomic mass is 10.0. The Bertz CT molecular complexity index is 1140. The van der Waals surface area contributed by atoms with Crippen molar-refractivity contribution in [2.75, 3.05) is 0 Å². The number of hydrogen-bond donors (Lipinski definition) is 0. The van der Waals surface area contributed by atoms with Crippen LogP contribution in [0.3, 0.4) is 0 Å². The molecule has 32 heavy (non-hydrogen) atoms. The zero-order valence-electron chi connectivity index (χ0n) is 16.0. The van der Waals surface area contributed by atoms with Crippen LogP contribution in [0.25, 0.3) is 0 Å². The average molecular weight is 485 g/mol. The SMILES string of the molecule is O=C(OC(c1ccccc1)c1ccccc1)C1=C(OS(=O)(=O)C(F)(F)F)SC2CC(=O)N12. The summed E-state index contributed by atoms with van der Waals surface area (Å²) in [6.07, 6.45) is -1.04. The number of rotatable bonds is 6. The molecule has 0 saturated carbocycles. The summed E-state index contributed by atoms with van der Waals surface area (Å²) in [6, 6.07) is 17.1. The third-order valence-electron chi connectivity index (χ3n) is 4.67. The lowest BCUT2D eigenvalue weighted by Crippen LogP contribution is -2.48. The molecule has 2 heterocycles. The van der Waals surface area contributed by atoms with E-state index < -0.39 is 49.8 Å². The number of carbonyl (C=O) groups is 2. The van der Waals surface area contributed by atoms with Gasteiger partial charge in [-0.25, -0.2) is 4.79 Å². The van der Waals surface area contributed by atoms with Crippen molar-refractivity contribution < 1.29 is 40.1 Å². The van der Waals surface area contributed by atoms with Crippen LogP contribution in [0.2, 0.25) is 0 Å². The number of fused-ring (bicyclic) bond motifs is 1. The Morgan fingerprint density at radius 1 is 1.03 bits per heavy atom. The molecule has 1 amide bonds. The van der Waals surface area contributed by atoms with Crippen LogP contribution in [0.4, 0.5) is 13.2 Å². The van der Waals surface area contributed by atoms with Gasteiger partial charge in [0.1, 0.15) is 0 Å². The van der Waals surface area contributed by atoms with E-state index >= 15 is 0 Å². The standard InChI is InChI=1S/C20H14F3NO6S2/c21-20(22,23)32(27,28)30-19-16(24-14(25)11-15(24)31-19)18(26)29-17(12-7-3-1-4-8-12)13-9-5-2-6-10-13/h1-10,15,17H,11H2. The van der Waals surface area contributed by atoms with Gasteiger partial charge in [0, 0.05) is 0 Å². The summed E-state index contributed by atoms with van der Waals surface area (Å²) in [5.74, 6) is -1.74. The van der Waals surface area contributed by atoms with E-state index in [1.165, 1.54) is 0 Å². The molecule has 0 spiro atoms. The molecule has 2 aromatic rings. The predicted octanol–water partition coefficient (Wildman–Crippen LogP) is 3.66. The first-order valence-corrected chi connectivity index (χ1v) is 11.4. The van der Waals surface area contributed by atoms with Crippen LogP contribution in [0.5, 0.6) is 0 Å². The summed E-state index contributed by atoms with van der Waals surface area (Å²) in [6.45, 7) is 0. The van der Waals surface area contributed by atoms with Gasteiger partial charge in [-0.1, -0.05) is 72.4 Å². The third kappa shape index (κ3) is 4.07. The van der Waals surface area contributed by atoms with Crippen molar-refractivity contribution in [2.24, 2.45) is 0 Å². The van der Waals surface area contributed by atoms with Crippen molar-refractivity contribution in [3.8, 4) is 0 Å². The molecule has 2 aromatic carbocycles. The van der Waals surface area contributed by atoms with Crippen LogP contribution >= 0.6 is 11.8 Å². The van der Waals surface area contributed by atoms with Crippen molar-refractivity contribution in [1.82, 2.24) is 4.90 Å². The second-order valence-electron chi connectivity index (χ2n) is 6.77. The molecule has 0 aromatic heterocycles. The van der Waals surface area contributed by atoms with Crippen LogP contribution in [0, 0.1) is 0 Å². The molecule has 1 fully saturated rings. The third-order valence-corrected chi connectivity index (χ3v) is 6.87. The largest absolute Gasteiger partial charge is 0.534 e. The first-order valence-electron chi connectivity index (χ1n) is 9.13. The Hall–Kier alpha value is -2.99. The fourth-order valence-corrected chi connectivity index (χ4v) is 5.06. The summed E-state index contributed by atoms with van der Waals surface area (Å²) in [7, 11) is -6.04. The molecular weight excluding hydrogens is 471 g/mol. The topological polar surface area (TPSA) is 90.0 Å². The number of esters is 1. The fraction of sp³-hybridized carbons (Fsp3) is 0.200. The van der Waals surface area contributed by atoms with Crippen molar-refractivity contribution in [3.05, 3.63) is 82.6 Å². The van der Waals surface area contributed by atoms with Crippen LogP contribution in [-0.2, 0) is 28.6 Å². The molecule has 0 N–H and O–H groups in total. The van der Waals surface area contributed by atoms with Gasteiger partial charge in [-0.05, 0) is 11.1 Å². The highest BCUT2D eigenvalue weighted by atomic mass is 32.2. The van der Waals surface area contributed by atoms with E-state index in [-0.39, 0.29) is 6.42 Å². The van der Waals surface area contributed by atoms with Gasteiger partial charge in [0.15, 0.2) is 11.8 Å². The molecule has 1 atom stereocenters. The molecule has 0 aliphatic carbocycles. The van der Waals surface area contributed by atoms with Crippen molar-refractivity contribution in [1.29, 1.82) is 0 Å². The summed E-state index contributed by atoms with van der Waals surface area (Å²) in [5, 5.41) is -1.58. The predicted molar refractivity (Wildman–Crippen MR) is 107 cm³/mol. The van der Waals surface area contributed by atoms with E-state index in [0.717, 1.165) is 4.90 Å². The van der Waals surface area contributed by atoms with Crippen molar-refractivity contribution in [3.63, 3.8) is 0 Å². The average Bonchev–Trinajstić information content (AvgIpc) is 3.03.